The van der Waals surface area contributed by atoms with Gasteiger partial charge in [0, 0.05) is 24.0 Å². The second-order valence-electron chi connectivity index (χ2n) is 9.66. The summed E-state index contributed by atoms with van der Waals surface area (Å²) in [6.45, 7) is 6.44. The standard InChI is InChI=1S/C25H25F3N8O2/c1-24(2,3)12-30-22(37)16-11-36-20(21(29)31-13-32-36)19(16)14-7-9-15(10-8-14)33-23(38)35-18-6-4-5-17(34-18)25(26,27)28/h4-11,13H,12H2,1-3H3,(H,30,37)(H2,29,31,32)(H2,33,34,35,38). The molecule has 0 bridgehead atoms. The lowest BCUT2D eigenvalue weighted by atomic mass is 9.96. The lowest BCUT2D eigenvalue weighted by Crippen LogP contribution is -2.32. The molecule has 0 spiro atoms. The van der Waals surface area contributed by atoms with Crippen LogP contribution in [0, 0.1) is 5.41 Å². The first-order valence-corrected chi connectivity index (χ1v) is 11.4. The quantitative estimate of drug-likeness (QED) is 0.294. The first-order chi connectivity index (χ1) is 17.8. The molecule has 3 amide bonds. The normalized spacial score (nSPS) is 11.8. The minimum Gasteiger partial charge on any atom is -0.382 e. The maximum Gasteiger partial charge on any atom is 0.433 e. The van der Waals surface area contributed by atoms with E-state index < -0.39 is 17.9 Å². The number of aromatic nitrogens is 4. The smallest absolute Gasteiger partial charge is 0.382 e. The van der Waals surface area contributed by atoms with Gasteiger partial charge < -0.3 is 16.4 Å². The second-order valence-corrected chi connectivity index (χ2v) is 9.66. The predicted octanol–water partition coefficient (Wildman–Crippen LogP) is 4.81. The van der Waals surface area contributed by atoms with Crippen LogP contribution in [0.3, 0.4) is 0 Å². The van der Waals surface area contributed by atoms with Gasteiger partial charge in [0.05, 0.1) is 5.56 Å². The van der Waals surface area contributed by atoms with Gasteiger partial charge in [-0.3, -0.25) is 10.1 Å². The van der Waals surface area contributed by atoms with Crippen molar-refractivity contribution in [3.05, 3.63) is 66.2 Å². The number of alkyl halides is 3. The van der Waals surface area contributed by atoms with Gasteiger partial charge in [-0.05, 0) is 35.2 Å². The molecule has 0 saturated heterocycles. The summed E-state index contributed by atoms with van der Waals surface area (Å²) < 4.78 is 40.1. The van der Waals surface area contributed by atoms with Gasteiger partial charge in [-0.15, -0.1) is 0 Å². The number of rotatable bonds is 5. The largest absolute Gasteiger partial charge is 0.433 e. The highest BCUT2D eigenvalue weighted by atomic mass is 19.4. The Morgan fingerprint density at radius 3 is 2.39 bits per heavy atom. The molecule has 0 aliphatic carbocycles. The number of carbonyl (C=O) groups is 2. The summed E-state index contributed by atoms with van der Waals surface area (Å²) in [5.41, 5.74) is 7.12. The number of fused-ring (bicyclic) bond motifs is 1. The van der Waals surface area contributed by atoms with Gasteiger partial charge in [0.25, 0.3) is 5.91 Å². The number of nitrogens with zero attached hydrogens (tertiary/aromatic N) is 4. The molecular formula is C25H25F3N8O2. The molecule has 0 atom stereocenters. The number of amides is 3. The summed E-state index contributed by atoms with van der Waals surface area (Å²) >= 11 is 0. The Morgan fingerprint density at radius 1 is 1.03 bits per heavy atom. The van der Waals surface area contributed by atoms with Crippen molar-refractivity contribution in [3.63, 3.8) is 0 Å². The maximum absolute atomic E-state index is 13.1. The molecule has 1 aromatic carbocycles. The van der Waals surface area contributed by atoms with Crippen molar-refractivity contribution in [2.75, 3.05) is 22.9 Å². The number of nitrogens with two attached hydrogens (primary N) is 1. The van der Waals surface area contributed by atoms with E-state index in [1.165, 1.54) is 16.9 Å². The van der Waals surface area contributed by atoms with E-state index in [0.717, 1.165) is 12.1 Å². The molecule has 0 unspecified atom stereocenters. The van der Waals surface area contributed by atoms with Crippen molar-refractivity contribution in [1.29, 1.82) is 0 Å². The fourth-order valence-corrected chi connectivity index (χ4v) is 3.60. The monoisotopic (exact) mass is 526 g/mol. The molecule has 13 heteroatoms. The highest BCUT2D eigenvalue weighted by Gasteiger charge is 2.32. The van der Waals surface area contributed by atoms with Gasteiger partial charge in [0.1, 0.15) is 23.4 Å². The molecular weight excluding hydrogens is 501 g/mol. The third kappa shape index (κ3) is 5.99. The van der Waals surface area contributed by atoms with Crippen LogP contribution in [0.1, 0.15) is 36.8 Å². The SMILES string of the molecule is CC(C)(C)CNC(=O)c1cn2ncnc(N)c2c1-c1ccc(NC(=O)Nc2cccc(C(F)(F)F)n2)cc1. The average molecular weight is 527 g/mol. The summed E-state index contributed by atoms with van der Waals surface area (Å²) in [5, 5.41) is 11.9. The van der Waals surface area contributed by atoms with Gasteiger partial charge in [-0.25, -0.2) is 19.3 Å². The highest BCUT2D eigenvalue weighted by molar-refractivity contribution is 6.07. The van der Waals surface area contributed by atoms with Gasteiger partial charge in [-0.2, -0.15) is 18.3 Å². The van der Waals surface area contributed by atoms with E-state index in [0.29, 0.717) is 34.4 Å². The molecule has 4 rings (SSSR count). The first-order valence-electron chi connectivity index (χ1n) is 11.4. The number of pyridine rings is 1. The molecule has 198 valence electrons. The van der Waals surface area contributed by atoms with Crippen LogP contribution >= 0.6 is 0 Å². The van der Waals surface area contributed by atoms with Crippen LogP contribution in [-0.4, -0.2) is 38.1 Å². The van der Waals surface area contributed by atoms with Crippen LogP contribution < -0.4 is 21.7 Å². The molecule has 0 fully saturated rings. The van der Waals surface area contributed by atoms with E-state index >= 15 is 0 Å². The highest BCUT2D eigenvalue weighted by Crippen LogP contribution is 2.33. The number of halogens is 3. The third-order valence-corrected chi connectivity index (χ3v) is 5.34. The van der Waals surface area contributed by atoms with Gasteiger partial charge >= 0.3 is 12.2 Å². The lowest BCUT2D eigenvalue weighted by Gasteiger charge is -2.18. The molecule has 0 radical (unpaired) electrons. The Morgan fingerprint density at radius 2 is 1.74 bits per heavy atom. The fraction of sp³-hybridized carbons (Fsp3) is 0.240. The van der Waals surface area contributed by atoms with Crippen molar-refractivity contribution >= 4 is 34.8 Å². The van der Waals surface area contributed by atoms with Crippen molar-refractivity contribution in [1.82, 2.24) is 24.9 Å². The van der Waals surface area contributed by atoms with Gasteiger partial charge in [0.15, 0.2) is 5.82 Å². The molecule has 3 aromatic heterocycles. The number of urea groups is 1. The van der Waals surface area contributed by atoms with Crippen LogP contribution in [0.4, 0.5) is 35.3 Å². The molecule has 10 nitrogen and oxygen atoms in total. The lowest BCUT2D eigenvalue weighted by molar-refractivity contribution is -0.141. The van der Waals surface area contributed by atoms with E-state index in [1.807, 2.05) is 20.8 Å². The van der Waals surface area contributed by atoms with Crippen molar-refractivity contribution < 1.29 is 22.8 Å². The molecule has 3 heterocycles. The number of benzene rings is 1. The number of nitrogen functional groups attached to an aromatic ring is 1. The Balaban J connectivity index is 1.57. The van der Waals surface area contributed by atoms with Gasteiger partial charge in [0.2, 0.25) is 0 Å². The minimum atomic E-state index is -4.63. The molecule has 0 saturated carbocycles. The molecule has 5 N–H and O–H groups in total. The zero-order chi connectivity index (χ0) is 27.7. The zero-order valence-electron chi connectivity index (χ0n) is 20.7. The van der Waals surface area contributed by atoms with Crippen LogP contribution in [0.15, 0.2) is 55.0 Å². The third-order valence-electron chi connectivity index (χ3n) is 5.34. The van der Waals surface area contributed by atoms with Gasteiger partial charge in [-0.1, -0.05) is 39.0 Å². The summed E-state index contributed by atoms with van der Waals surface area (Å²) in [5.74, 6) is -0.384. The van der Waals surface area contributed by atoms with Crippen LogP contribution in [0.5, 0.6) is 0 Å². The van der Waals surface area contributed by atoms with E-state index in [2.05, 4.69) is 31.0 Å². The Kier molecular flexibility index (Phi) is 6.94. The zero-order valence-corrected chi connectivity index (χ0v) is 20.7. The Labute approximate surface area is 215 Å². The molecule has 4 aromatic rings. The Bertz CT molecular complexity index is 1490. The first kappa shape index (κ1) is 26.4. The predicted molar refractivity (Wildman–Crippen MR) is 137 cm³/mol. The summed E-state index contributed by atoms with van der Waals surface area (Å²) in [4.78, 5) is 32.9. The number of anilines is 3. The topological polar surface area (TPSA) is 139 Å². The average Bonchev–Trinajstić information content (AvgIpc) is 3.23. The number of hydrogen-bond donors (Lipinski definition) is 4. The van der Waals surface area contributed by atoms with Crippen molar-refractivity contribution in [3.8, 4) is 11.1 Å². The number of nitrogens with one attached hydrogen (secondary N) is 3. The number of hydrogen-bond acceptors (Lipinski definition) is 6. The van der Waals surface area contributed by atoms with Crippen LogP contribution in [-0.2, 0) is 6.18 Å². The molecule has 38 heavy (non-hydrogen) atoms. The molecule has 0 aliphatic rings. The number of carbonyl (C=O) groups excluding carboxylic acids is 2. The van der Waals surface area contributed by atoms with E-state index in [-0.39, 0.29) is 23.0 Å². The van der Waals surface area contributed by atoms with E-state index in [9.17, 15) is 22.8 Å². The maximum atomic E-state index is 13.1. The second kappa shape index (κ2) is 10.00. The van der Waals surface area contributed by atoms with Crippen LogP contribution in [0.25, 0.3) is 16.6 Å². The van der Waals surface area contributed by atoms with E-state index in [1.54, 1.807) is 30.5 Å². The van der Waals surface area contributed by atoms with Crippen LogP contribution in [0.2, 0.25) is 0 Å². The minimum absolute atomic E-state index is 0.134. The van der Waals surface area contributed by atoms with Crippen molar-refractivity contribution in [2.45, 2.75) is 26.9 Å². The summed E-state index contributed by atoms with van der Waals surface area (Å²) in [6.07, 6.45) is -1.78. The summed E-state index contributed by atoms with van der Waals surface area (Å²) in [6, 6.07) is 8.91. The van der Waals surface area contributed by atoms with Crippen molar-refractivity contribution in [2.24, 2.45) is 5.41 Å². The molecule has 0 aliphatic heterocycles. The fourth-order valence-electron chi connectivity index (χ4n) is 3.60. The summed E-state index contributed by atoms with van der Waals surface area (Å²) in [7, 11) is 0. The van der Waals surface area contributed by atoms with E-state index in [4.69, 9.17) is 5.73 Å². The Hall–Kier alpha value is -4.68.